The van der Waals surface area contributed by atoms with E-state index in [2.05, 4.69) is 194 Å². The first-order valence-electron chi connectivity index (χ1n) is 21.2. The van der Waals surface area contributed by atoms with Crippen LogP contribution < -0.4 is 0 Å². The van der Waals surface area contributed by atoms with Gasteiger partial charge in [0.15, 0.2) is 0 Å². The van der Waals surface area contributed by atoms with Gasteiger partial charge < -0.3 is 0 Å². The number of imidazole rings is 2. The molecule has 0 atom stereocenters. The first-order valence-corrected chi connectivity index (χ1v) is 21.2. The zero-order chi connectivity index (χ0) is 42.4. The Morgan fingerprint density at radius 3 is 1.00 bits per heavy atom. The largest absolute Gasteiger partial charge is 0.295 e. The molecule has 0 amide bonds. The van der Waals surface area contributed by atoms with Crippen LogP contribution in [0.2, 0.25) is 0 Å². The molecule has 0 saturated carbocycles. The van der Waals surface area contributed by atoms with E-state index in [9.17, 15) is 0 Å². The van der Waals surface area contributed by atoms with Crippen LogP contribution in [0.4, 0.5) is 0 Å². The quantitative estimate of drug-likeness (QED) is 0.167. The van der Waals surface area contributed by atoms with Gasteiger partial charge in [0.25, 0.3) is 0 Å². The molecule has 0 aliphatic rings. The fourth-order valence-corrected chi connectivity index (χ4v) is 8.36. The summed E-state index contributed by atoms with van der Waals surface area (Å²) < 4.78 is 4.85. The van der Waals surface area contributed by atoms with Crippen LogP contribution >= 0.6 is 0 Å². The minimum absolute atomic E-state index is 0.0716. The number of rotatable bonds is 1. The van der Waals surface area contributed by atoms with Gasteiger partial charge >= 0.3 is 0 Å². The van der Waals surface area contributed by atoms with Crippen molar-refractivity contribution < 1.29 is 0 Å². The summed E-state index contributed by atoms with van der Waals surface area (Å²) in [6, 6.07) is 23.0. The number of fused-ring (bicyclic) bond motifs is 10. The highest BCUT2D eigenvalue weighted by Crippen LogP contribution is 2.44. The third-order valence-corrected chi connectivity index (χ3v) is 12.0. The molecule has 302 valence electrons. The molecule has 0 bridgehead atoms. The molecule has 0 spiro atoms. The highest BCUT2D eigenvalue weighted by atomic mass is 15.0. The van der Waals surface area contributed by atoms with Crippen LogP contribution in [0.1, 0.15) is 159 Å². The molecule has 0 fully saturated rings. The molecular formula is C52H64N6. The molecule has 2 aromatic carbocycles. The summed E-state index contributed by atoms with van der Waals surface area (Å²) in [7, 11) is 0. The maximum Gasteiger partial charge on any atom is 0.147 e. The van der Waals surface area contributed by atoms with E-state index < -0.39 is 0 Å². The second kappa shape index (κ2) is 12.3. The molecule has 0 unspecified atom stereocenters. The number of nitrogens with zero attached hydrogens (tertiary/aromatic N) is 6. The molecule has 8 rings (SSSR count). The van der Waals surface area contributed by atoms with E-state index in [0.29, 0.717) is 0 Å². The fourth-order valence-electron chi connectivity index (χ4n) is 8.36. The van der Waals surface area contributed by atoms with Gasteiger partial charge in [-0.3, -0.25) is 18.8 Å². The minimum Gasteiger partial charge on any atom is -0.295 e. The standard InChI is InChI=1S/C52H64N6/c1-47(2,3)29-23-33(43-37(25-29)57-41(51(13,14)15)27-35-31(45(57)55-43)19-21-39(53-35)49(7,8)9)34-24-30(48(4,5)6)26-38-44(34)56-46-32-20-22-40(50(10,11)12)54-36(32)28-42(58(38)46)52(16,17)18/h19-28H,1-18H3. The number of aromatic nitrogens is 6. The summed E-state index contributed by atoms with van der Waals surface area (Å²) in [4.78, 5) is 21.9. The topological polar surface area (TPSA) is 60.4 Å². The summed E-state index contributed by atoms with van der Waals surface area (Å²) in [6.45, 7) is 41.0. The van der Waals surface area contributed by atoms with Gasteiger partial charge in [-0.2, -0.15) is 0 Å². The lowest BCUT2D eigenvalue weighted by molar-refractivity contribution is 0.562. The Hall–Kier alpha value is -4.84. The van der Waals surface area contributed by atoms with Crippen molar-refractivity contribution in [2.45, 2.75) is 157 Å². The Kier molecular flexibility index (Phi) is 8.51. The summed E-state index contributed by atoms with van der Waals surface area (Å²) in [5.41, 5.74) is 16.6. The predicted molar refractivity (Wildman–Crippen MR) is 247 cm³/mol. The van der Waals surface area contributed by atoms with Crippen LogP contribution in [0, 0.1) is 0 Å². The Balaban J connectivity index is 1.59. The fraction of sp³-hybridized carbons (Fsp3) is 0.462. The summed E-state index contributed by atoms with van der Waals surface area (Å²) in [6.07, 6.45) is 0. The SMILES string of the molecule is CC(C)(C)c1cc(-c2cc(C(C)(C)C)cc3c2nc2c4ccc(C(C)(C)C)nc4cc(C(C)(C)C)n32)c2nc3c4ccc(C(C)(C)C)nc4cc(C(C)(C)C)n3c2c1. The second-order valence-corrected chi connectivity index (χ2v) is 23.1. The van der Waals surface area contributed by atoms with Gasteiger partial charge in [0, 0.05) is 66.3 Å². The van der Waals surface area contributed by atoms with Crippen molar-refractivity contribution in [2.75, 3.05) is 0 Å². The van der Waals surface area contributed by atoms with Crippen LogP contribution in [-0.4, -0.2) is 28.7 Å². The van der Waals surface area contributed by atoms with E-state index in [-0.39, 0.29) is 32.5 Å². The summed E-state index contributed by atoms with van der Waals surface area (Å²) in [5.74, 6) is 0. The molecule has 0 aliphatic heterocycles. The van der Waals surface area contributed by atoms with Crippen LogP contribution in [0.3, 0.4) is 0 Å². The maximum atomic E-state index is 5.68. The first-order chi connectivity index (χ1) is 26.5. The van der Waals surface area contributed by atoms with Crippen molar-refractivity contribution in [2.24, 2.45) is 0 Å². The van der Waals surface area contributed by atoms with E-state index in [1.165, 1.54) is 22.5 Å². The third kappa shape index (κ3) is 6.46. The Bertz CT molecular complexity index is 2780. The van der Waals surface area contributed by atoms with E-state index in [1.54, 1.807) is 0 Å². The summed E-state index contributed by atoms with van der Waals surface area (Å²) >= 11 is 0. The van der Waals surface area contributed by atoms with E-state index in [0.717, 1.165) is 77.7 Å². The van der Waals surface area contributed by atoms with Gasteiger partial charge in [-0.05, 0) is 82.6 Å². The first kappa shape index (κ1) is 40.0. The lowest BCUT2D eigenvalue weighted by atomic mass is 9.82. The van der Waals surface area contributed by atoms with Gasteiger partial charge in [-0.1, -0.05) is 125 Å². The molecule has 6 aromatic heterocycles. The molecular weight excluding hydrogens is 709 g/mol. The van der Waals surface area contributed by atoms with Crippen molar-refractivity contribution in [3.63, 3.8) is 0 Å². The molecule has 6 heterocycles. The van der Waals surface area contributed by atoms with Crippen molar-refractivity contribution in [3.05, 3.63) is 94.6 Å². The van der Waals surface area contributed by atoms with E-state index >= 15 is 0 Å². The average Bonchev–Trinajstić information content (AvgIpc) is 3.67. The van der Waals surface area contributed by atoms with Gasteiger partial charge in [-0.25, -0.2) is 9.97 Å². The molecule has 0 radical (unpaired) electrons. The average molecular weight is 773 g/mol. The Morgan fingerprint density at radius 2 is 0.707 bits per heavy atom. The highest BCUT2D eigenvalue weighted by Gasteiger charge is 2.30. The predicted octanol–water partition coefficient (Wildman–Crippen LogP) is 13.8. The normalized spacial score (nSPS) is 14.0. The van der Waals surface area contributed by atoms with Crippen LogP contribution in [0.25, 0.3) is 66.3 Å². The minimum atomic E-state index is -0.177. The second-order valence-electron chi connectivity index (χ2n) is 23.1. The monoisotopic (exact) mass is 773 g/mol. The van der Waals surface area contributed by atoms with Crippen LogP contribution in [0.15, 0.2) is 60.7 Å². The Morgan fingerprint density at radius 1 is 0.362 bits per heavy atom. The Labute approximate surface area is 345 Å². The molecule has 6 nitrogen and oxygen atoms in total. The molecule has 0 aliphatic carbocycles. The van der Waals surface area contributed by atoms with E-state index in [4.69, 9.17) is 19.9 Å². The van der Waals surface area contributed by atoms with Gasteiger partial charge in [0.2, 0.25) is 0 Å². The van der Waals surface area contributed by atoms with E-state index in [1.807, 2.05) is 0 Å². The van der Waals surface area contributed by atoms with Crippen LogP contribution in [0.5, 0.6) is 0 Å². The van der Waals surface area contributed by atoms with Crippen molar-refractivity contribution in [3.8, 4) is 11.1 Å². The summed E-state index contributed by atoms with van der Waals surface area (Å²) in [5, 5.41) is 2.12. The zero-order valence-electron chi connectivity index (χ0n) is 38.5. The smallest absolute Gasteiger partial charge is 0.147 e. The number of benzene rings is 2. The number of hydrogen-bond acceptors (Lipinski definition) is 4. The van der Waals surface area contributed by atoms with Crippen LogP contribution in [-0.2, 0) is 32.5 Å². The lowest BCUT2D eigenvalue weighted by Crippen LogP contribution is -2.18. The van der Waals surface area contributed by atoms with Crippen molar-refractivity contribution in [1.82, 2.24) is 28.7 Å². The lowest BCUT2D eigenvalue weighted by Gasteiger charge is -2.25. The zero-order valence-corrected chi connectivity index (χ0v) is 38.5. The molecule has 0 N–H and O–H groups in total. The van der Waals surface area contributed by atoms with Gasteiger partial charge in [0.1, 0.15) is 11.3 Å². The number of hydrogen-bond donors (Lipinski definition) is 0. The highest BCUT2D eigenvalue weighted by molar-refractivity contribution is 6.08. The van der Waals surface area contributed by atoms with Gasteiger partial charge in [-0.15, -0.1) is 0 Å². The van der Waals surface area contributed by atoms with Crippen molar-refractivity contribution >= 4 is 55.2 Å². The maximum absolute atomic E-state index is 5.68. The molecule has 0 saturated heterocycles. The number of pyridine rings is 4. The van der Waals surface area contributed by atoms with Crippen molar-refractivity contribution in [1.29, 1.82) is 0 Å². The van der Waals surface area contributed by atoms with Gasteiger partial charge in [0.05, 0.1) is 33.1 Å². The molecule has 8 aromatic rings. The molecule has 58 heavy (non-hydrogen) atoms. The molecule has 6 heteroatoms. The third-order valence-electron chi connectivity index (χ3n) is 12.0.